The molecule has 0 bridgehead atoms. The van der Waals surface area contributed by atoms with Gasteiger partial charge in [0.15, 0.2) is 0 Å². The van der Waals surface area contributed by atoms with Crippen LogP contribution in [0.2, 0.25) is 5.02 Å². The van der Waals surface area contributed by atoms with Gasteiger partial charge < -0.3 is 16.2 Å². The van der Waals surface area contributed by atoms with E-state index in [0.29, 0.717) is 5.02 Å². The van der Waals surface area contributed by atoms with Gasteiger partial charge in [0.2, 0.25) is 5.91 Å². The Labute approximate surface area is 112 Å². The monoisotopic (exact) mass is 278 g/mol. The molecule has 6 heteroatoms. The average molecular weight is 279 g/mol. The molecule has 1 rings (SSSR count). The van der Waals surface area contributed by atoms with Crippen LogP contribution in [-0.2, 0) is 4.79 Å². The number of hydrogen-bond donors (Lipinski definition) is 3. The maximum Gasteiger partial charge on any atom is 0.241 e. The van der Waals surface area contributed by atoms with E-state index in [2.05, 4.69) is 5.32 Å². The molecule has 1 aromatic rings. The van der Waals surface area contributed by atoms with E-state index in [4.69, 9.17) is 17.3 Å². The Morgan fingerprint density at radius 2 is 2.06 bits per heavy atom. The summed E-state index contributed by atoms with van der Waals surface area (Å²) in [5.74, 6) is -0.345. The largest absolute Gasteiger partial charge is 0.506 e. The van der Waals surface area contributed by atoms with Crippen LogP contribution in [0.1, 0.15) is 13.8 Å². The standard InChI is InChI=1S/C11H15ClN2O2.ClH/c1-6(2)10(13)11(16)14-8-5-7(12)3-4-9(8)15;/h3-6,10,15H,13H2,1-2H3,(H,14,16);1H/t10-;/m0./s1. The van der Waals surface area contributed by atoms with E-state index in [-0.39, 0.29) is 35.7 Å². The van der Waals surface area contributed by atoms with Crippen molar-refractivity contribution >= 4 is 35.6 Å². The van der Waals surface area contributed by atoms with Crippen LogP contribution in [0.3, 0.4) is 0 Å². The molecule has 1 aromatic carbocycles. The molecule has 0 heterocycles. The molecule has 4 N–H and O–H groups in total. The Kier molecular flexibility index (Phi) is 6.31. The molecule has 0 aromatic heterocycles. The van der Waals surface area contributed by atoms with E-state index >= 15 is 0 Å². The molecule has 4 nitrogen and oxygen atoms in total. The van der Waals surface area contributed by atoms with Gasteiger partial charge in [-0.15, -0.1) is 12.4 Å². The lowest BCUT2D eigenvalue weighted by atomic mass is 10.0. The van der Waals surface area contributed by atoms with Crippen molar-refractivity contribution in [1.82, 2.24) is 0 Å². The lowest BCUT2D eigenvalue weighted by Gasteiger charge is -2.15. The molecule has 1 amide bonds. The third-order valence-corrected chi connectivity index (χ3v) is 2.47. The van der Waals surface area contributed by atoms with Crippen molar-refractivity contribution in [1.29, 1.82) is 0 Å². The highest BCUT2D eigenvalue weighted by atomic mass is 35.5. The Balaban J connectivity index is 0.00000256. The number of benzene rings is 1. The number of phenols is 1. The zero-order valence-electron chi connectivity index (χ0n) is 9.61. The molecule has 0 fully saturated rings. The zero-order chi connectivity index (χ0) is 12.3. The van der Waals surface area contributed by atoms with Crippen LogP contribution in [0.4, 0.5) is 5.69 Å². The SMILES string of the molecule is CC(C)[C@H](N)C(=O)Nc1cc(Cl)ccc1O.Cl. The van der Waals surface area contributed by atoms with Crippen molar-refractivity contribution in [2.75, 3.05) is 5.32 Å². The number of aromatic hydroxyl groups is 1. The van der Waals surface area contributed by atoms with Gasteiger partial charge in [0.1, 0.15) is 5.75 Å². The van der Waals surface area contributed by atoms with Gasteiger partial charge in [-0.1, -0.05) is 25.4 Å². The summed E-state index contributed by atoms with van der Waals surface area (Å²) in [4.78, 5) is 11.6. The normalized spacial score (nSPS) is 11.8. The third-order valence-electron chi connectivity index (χ3n) is 2.24. The second kappa shape index (κ2) is 6.69. The summed E-state index contributed by atoms with van der Waals surface area (Å²) in [5.41, 5.74) is 5.94. The summed E-state index contributed by atoms with van der Waals surface area (Å²) in [6.07, 6.45) is 0. The smallest absolute Gasteiger partial charge is 0.241 e. The minimum Gasteiger partial charge on any atom is -0.506 e. The molecule has 17 heavy (non-hydrogen) atoms. The van der Waals surface area contributed by atoms with Gasteiger partial charge in [-0.2, -0.15) is 0 Å². The Hall–Kier alpha value is -0.970. The van der Waals surface area contributed by atoms with Crippen LogP contribution in [0.5, 0.6) is 5.75 Å². The number of rotatable bonds is 3. The van der Waals surface area contributed by atoms with E-state index < -0.39 is 6.04 Å². The van der Waals surface area contributed by atoms with Crippen molar-refractivity contribution in [3.05, 3.63) is 23.2 Å². The highest BCUT2D eigenvalue weighted by Crippen LogP contribution is 2.26. The minimum absolute atomic E-state index is 0. The number of carbonyl (C=O) groups excluding carboxylic acids is 1. The van der Waals surface area contributed by atoms with E-state index in [1.165, 1.54) is 18.2 Å². The highest BCUT2D eigenvalue weighted by molar-refractivity contribution is 6.31. The summed E-state index contributed by atoms with van der Waals surface area (Å²) in [6.45, 7) is 3.70. The predicted octanol–water partition coefficient (Wildman–Crippen LogP) is 2.39. The molecule has 0 radical (unpaired) electrons. The number of anilines is 1. The molecule has 0 saturated carbocycles. The highest BCUT2D eigenvalue weighted by Gasteiger charge is 2.18. The lowest BCUT2D eigenvalue weighted by Crippen LogP contribution is -2.39. The second-order valence-electron chi connectivity index (χ2n) is 3.92. The number of hydrogen-bond acceptors (Lipinski definition) is 3. The first kappa shape index (κ1) is 16.0. The summed E-state index contributed by atoms with van der Waals surface area (Å²) in [7, 11) is 0. The van der Waals surface area contributed by atoms with Gasteiger partial charge in [0.25, 0.3) is 0 Å². The van der Waals surface area contributed by atoms with Gasteiger partial charge in [0, 0.05) is 5.02 Å². The molecule has 0 saturated heterocycles. The molecular formula is C11H16Cl2N2O2. The number of halogens is 2. The van der Waals surface area contributed by atoms with Gasteiger partial charge in [-0.3, -0.25) is 4.79 Å². The van der Waals surface area contributed by atoms with Crippen LogP contribution < -0.4 is 11.1 Å². The summed E-state index contributed by atoms with van der Waals surface area (Å²) in [6, 6.07) is 3.81. The quantitative estimate of drug-likeness (QED) is 0.744. The first-order valence-corrected chi connectivity index (χ1v) is 5.34. The Morgan fingerprint density at radius 3 is 2.59 bits per heavy atom. The van der Waals surface area contributed by atoms with Crippen molar-refractivity contribution in [2.24, 2.45) is 11.7 Å². The van der Waals surface area contributed by atoms with Crippen molar-refractivity contribution in [2.45, 2.75) is 19.9 Å². The molecule has 0 unspecified atom stereocenters. The second-order valence-corrected chi connectivity index (χ2v) is 4.36. The van der Waals surface area contributed by atoms with E-state index in [0.717, 1.165) is 0 Å². The first-order chi connectivity index (χ1) is 7.41. The summed E-state index contributed by atoms with van der Waals surface area (Å²) < 4.78 is 0. The number of nitrogens with two attached hydrogens (primary N) is 1. The Morgan fingerprint density at radius 1 is 1.47 bits per heavy atom. The maximum atomic E-state index is 11.6. The molecule has 96 valence electrons. The summed E-state index contributed by atoms with van der Waals surface area (Å²) >= 11 is 5.75. The number of amides is 1. The topological polar surface area (TPSA) is 75.4 Å². The predicted molar refractivity (Wildman–Crippen MR) is 71.8 cm³/mol. The number of phenolic OH excluding ortho intramolecular Hbond substituents is 1. The van der Waals surface area contributed by atoms with Crippen LogP contribution in [0, 0.1) is 5.92 Å². The van der Waals surface area contributed by atoms with Crippen LogP contribution in [0.25, 0.3) is 0 Å². The zero-order valence-corrected chi connectivity index (χ0v) is 11.2. The number of carbonyl (C=O) groups is 1. The Bertz CT molecular complexity index is 397. The molecule has 1 atom stereocenters. The van der Waals surface area contributed by atoms with E-state index in [1.807, 2.05) is 13.8 Å². The van der Waals surface area contributed by atoms with Gasteiger partial charge >= 0.3 is 0 Å². The van der Waals surface area contributed by atoms with E-state index in [9.17, 15) is 9.90 Å². The fraction of sp³-hybridized carbons (Fsp3) is 0.364. The van der Waals surface area contributed by atoms with Gasteiger partial charge in [-0.25, -0.2) is 0 Å². The van der Waals surface area contributed by atoms with Crippen LogP contribution in [0.15, 0.2) is 18.2 Å². The number of nitrogens with one attached hydrogen (secondary N) is 1. The maximum absolute atomic E-state index is 11.6. The van der Waals surface area contributed by atoms with Crippen LogP contribution >= 0.6 is 24.0 Å². The fourth-order valence-electron chi connectivity index (χ4n) is 1.13. The molecular weight excluding hydrogens is 263 g/mol. The molecule has 0 spiro atoms. The first-order valence-electron chi connectivity index (χ1n) is 4.96. The van der Waals surface area contributed by atoms with Crippen molar-refractivity contribution in [3.8, 4) is 5.75 Å². The average Bonchev–Trinajstić information content (AvgIpc) is 2.22. The van der Waals surface area contributed by atoms with Gasteiger partial charge in [0.05, 0.1) is 11.7 Å². The molecule has 0 aliphatic rings. The third kappa shape index (κ3) is 4.42. The minimum atomic E-state index is -0.613. The van der Waals surface area contributed by atoms with Crippen molar-refractivity contribution in [3.63, 3.8) is 0 Å². The lowest BCUT2D eigenvalue weighted by molar-refractivity contribution is -0.118. The van der Waals surface area contributed by atoms with Gasteiger partial charge in [-0.05, 0) is 24.1 Å². The summed E-state index contributed by atoms with van der Waals surface area (Å²) in [5, 5.41) is 12.5. The fourth-order valence-corrected chi connectivity index (χ4v) is 1.30. The van der Waals surface area contributed by atoms with E-state index in [1.54, 1.807) is 0 Å². The molecule has 0 aliphatic heterocycles. The van der Waals surface area contributed by atoms with Crippen LogP contribution in [-0.4, -0.2) is 17.1 Å². The van der Waals surface area contributed by atoms with Crippen molar-refractivity contribution < 1.29 is 9.90 Å². The molecule has 0 aliphatic carbocycles.